The van der Waals surface area contributed by atoms with Gasteiger partial charge in [0.25, 0.3) is 0 Å². The predicted octanol–water partition coefficient (Wildman–Crippen LogP) is 2.77. The van der Waals surface area contributed by atoms with E-state index in [1.165, 1.54) is 6.92 Å². The zero-order valence-electron chi connectivity index (χ0n) is 26.0. The largest absolute Gasteiger partial charge is 0.497 e. The van der Waals surface area contributed by atoms with Gasteiger partial charge < -0.3 is 33.5 Å². The van der Waals surface area contributed by atoms with E-state index >= 15 is 0 Å². The summed E-state index contributed by atoms with van der Waals surface area (Å²) in [6.45, 7) is 6.29. The first-order valence-corrected chi connectivity index (χ1v) is 13.8. The lowest BCUT2D eigenvalue weighted by molar-refractivity contribution is -0.198. The molecule has 2 aromatic rings. The molecule has 45 heavy (non-hydrogen) atoms. The number of carbonyl (C=O) groups excluding carboxylic acids is 5. The maximum Gasteiger partial charge on any atom is 0.328 e. The van der Waals surface area contributed by atoms with Gasteiger partial charge in [0.05, 0.1) is 13.0 Å². The molecule has 0 fully saturated rings. The van der Waals surface area contributed by atoms with Gasteiger partial charge in [0.2, 0.25) is 0 Å². The third-order valence-corrected chi connectivity index (χ3v) is 6.37. The van der Waals surface area contributed by atoms with Crippen LogP contribution >= 0.6 is 0 Å². The van der Waals surface area contributed by atoms with E-state index in [0.29, 0.717) is 11.3 Å². The topological polar surface area (TPSA) is 190 Å². The Morgan fingerprint density at radius 3 is 1.89 bits per heavy atom. The fourth-order valence-corrected chi connectivity index (χ4v) is 4.18. The number of aliphatic imine (C=N–C) groups is 1. The first-order chi connectivity index (χ1) is 21.1. The normalized spacial score (nSPS) is 15.1. The highest BCUT2D eigenvalue weighted by molar-refractivity contribution is 5.87. The molecule has 0 aliphatic rings. The minimum Gasteiger partial charge on any atom is -0.497 e. The second-order valence-corrected chi connectivity index (χ2v) is 10.0. The fraction of sp³-hybridized carbons (Fsp3) is 0.452. The predicted molar refractivity (Wildman–Crippen MR) is 158 cm³/mol. The Balaban J connectivity index is 2.44. The van der Waals surface area contributed by atoms with Crippen LogP contribution in [0, 0.1) is 0 Å². The number of fused-ring (bicyclic) bond motifs is 1. The monoisotopic (exact) mass is 631 g/mol. The summed E-state index contributed by atoms with van der Waals surface area (Å²) in [5, 5.41) is 10.9. The molecule has 0 radical (unpaired) electrons. The third kappa shape index (κ3) is 11.2. The molecule has 0 saturated heterocycles. The lowest BCUT2D eigenvalue weighted by Gasteiger charge is -2.34. The lowest BCUT2D eigenvalue weighted by atomic mass is 9.97. The lowest BCUT2D eigenvalue weighted by Crippen LogP contribution is -2.53. The number of nitrogens with zero attached hydrogens (tertiary/aromatic N) is 1. The number of aliphatic carboxylic acids is 1. The fourth-order valence-electron chi connectivity index (χ4n) is 4.18. The molecule has 6 atom stereocenters. The summed E-state index contributed by atoms with van der Waals surface area (Å²) >= 11 is 0. The van der Waals surface area contributed by atoms with Gasteiger partial charge in [0.15, 0.2) is 24.4 Å². The van der Waals surface area contributed by atoms with Gasteiger partial charge in [-0.2, -0.15) is 0 Å². The average molecular weight is 632 g/mol. The molecular formula is C31H37NO13. The molecule has 0 aliphatic heterocycles. The highest BCUT2D eigenvalue weighted by atomic mass is 16.6. The number of methoxy groups -OCH3 is 1. The van der Waals surface area contributed by atoms with Crippen LogP contribution in [0.15, 0.2) is 41.4 Å². The molecule has 0 spiro atoms. The van der Waals surface area contributed by atoms with Gasteiger partial charge in [-0.3, -0.25) is 29.0 Å². The number of carbonyl (C=O) groups is 6. The van der Waals surface area contributed by atoms with Crippen LogP contribution in [0.3, 0.4) is 0 Å². The Morgan fingerprint density at radius 2 is 1.33 bits per heavy atom. The van der Waals surface area contributed by atoms with Gasteiger partial charge in [-0.1, -0.05) is 24.3 Å². The van der Waals surface area contributed by atoms with Gasteiger partial charge in [-0.25, -0.2) is 4.79 Å². The molecule has 2 rings (SSSR count). The van der Waals surface area contributed by atoms with Crippen LogP contribution in [0.25, 0.3) is 10.8 Å². The molecular weight excluding hydrogens is 594 g/mol. The SMILES string of the molecule is COc1ccc2cc(C(C)C(=O)OCC(OC(C)=O)C(OC(C)=O)C(OC(C)=O)C(C=N[C@@H](C)C(=O)O)OC(C)=O)ccc2c1. The van der Waals surface area contributed by atoms with Crippen molar-refractivity contribution in [3.8, 4) is 5.75 Å². The van der Waals surface area contributed by atoms with Gasteiger partial charge in [0.1, 0.15) is 18.4 Å². The molecule has 5 unspecified atom stereocenters. The van der Waals surface area contributed by atoms with E-state index in [4.69, 9.17) is 28.4 Å². The van der Waals surface area contributed by atoms with E-state index in [9.17, 15) is 33.9 Å². The standard InChI is InChI=1S/C31H37NO13/c1-16(22-8-9-24-13-25(40-7)11-10-23(24)12-22)31(39)41-15-27(43-19(4)34)29(45-21(6)36)28(44-20(5)35)26(42-18(3)33)14-32-17(2)30(37)38/h8-14,16-17,26-29H,15H2,1-7H3,(H,37,38)/t16?,17-,26?,27?,28?,29?/m0/s1. The summed E-state index contributed by atoms with van der Waals surface area (Å²) in [6.07, 6.45) is -5.69. The smallest absolute Gasteiger partial charge is 0.328 e. The molecule has 14 nitrogen and oxygen atoms in total. The Bertz CT molecular complexity index is 1440. The molecule has 244 valence electrons. The first kappa shape index (κ1) is 36.2. The van der Waals surface area contributed by atoms with Crippen LogP contribution < -0.4 is 4.74 Å². The molecule has 0 heterocycles. The summed E-state index contributed by atoms with van der Waals surface area (Å²) in [5.74, 6) is -5.74. The third-order valence-electron chi connectivity index (χ3n) is 6.37. The van der Waals surface area contributed by atoms with Gasteiger partial charge in [-0.05, 0) is 42.3 Å². The average Bonchev–Trinajstić information content (AvgIpc) is 2.97. The quantitative estimate of drug-likeness (QED) is 0.172. The van der Waals surface area contributed by atoms with Crippen LogP contribution in [-0.2, 0) is 52.5 Å². The van der Waals surface area contributed by atoms with Gasteiger partial charge >= 0.3 is 35.8 Å². The highest BCUT2D eigenvalue weighted by Gasteiger charge is 2.43. The van der Waals surface area contributed by atoms with Crippen molar-refractivity contribution in [2.24, 2.45) is 4.99 Å². The van der Waals surface area contributed by atoms with Gasteiger partial charge in [0, 0.05) is 33.9 Å². The van der Waals surface area contributed by atoms with Crippen molar-refractivity contribution in [1.82, 2.24) is 0 Å². The number of carboxylic acids is 1. The van der Waals surface area contributed by atoms with Crippen LogP contribution in [0.5, 0.6) is 5.75 Å². The number of benzene rings is 2. The van der Waals surface area contributed by atoms with Gasteiger partial charge in [-0.15, -0.1) is 0 Å². The van der Waals surface area contributed by atoms with Crippen LogP contribution in [-0.4, -0.2) is 91.3 Å². The Morgan fingerprint density at radius 1 is 0.778 bits per heavy atom. The van der Waals surface area contributed by atoms with E-state index < -0.39 is 78.8 Å². The number of rotatable bonds is 15. The molecule has 14 heteroatoms. The Labute approximate surface area is 259 Å². The number of hydrogen-bond acceptors (Lipinski definition) is 13. The second kappa shape index (κ2) is 16.7. The maximum atomic E-state index is 13.2. The molecule has 0 saturated carbocycles. The van der Waals surface area contributed by atoms with Crippen LogP contribution in [0.4, 0.5) is 0 Å². The van der Waals surface area contributed by atoms with E-state index in [0.717, 1.165) is 44.7 Å². The summed E-state index contributed by atoms with van der Waals surface area (Å²) in [5.41, 5.74) is 0.620. The van der Waals surface area contributed by atoms with Crippen molar-refractivity contribution < 1.29 is 62.3 Å². The van der Waals surface area contributed by atoms with E-state index in [2.05, 4.69) is 4.99 Å². The molecule has 0 aliphatic carbocycles. The molecule has 0 aromatic heterocycles. The van der Waals surface area contributed by atoms with Crippen LogP contribution in [0.2, 0.25) is 0 Å². The summed E-state index contributed by atoms with van der Waals surface area (Å²) in [7, 11) is 1.56. The highest BCUT2D eigenvalue weighted by Crippen LogP contribution is 2.26. The van der Waals surface area contributed by atoms with Crippen molar-refractivity contribution in [3.63, 3.8) is 0 Å². The van der Waals surface area contributed by atoms with Crippen molar-refractivity contribution in [1.29, 1.82) is 0 Å². The molecule has 1 N–H and O–H groups in total. The molecule has 0 bridgehead atoms. The van der Waals surface area contributed by atoms with E-state index in [1.54, 1.807) is 26.2 Å². The van der Waals surface area contributed by atoms with Crippen LogP contribution in [0.1, 0.15) is 53.0 Å². The Kier molecular flexibility index (Phi) is 13.5. The zero-order chi connectivity index (χ0) is 33.8. The number of ether oxygens (including phenoxy) is 6. The number of esters is 5. The summed E-state index contributed by atoms with van der Waals surface area (Å²) in [6, 6.07) is 9.55. The summed E-state index contributed by atoms with van der Waals surface area (Å²) < 4.78 is 32.0. The second-order valence-electron chi connectivity index (χ2n) is 10.0. The van der Waals surface area contributed by atoms with Crippen molar-refractivity contribution in [2.75, 3.05) is 13.7 Å². The minimum atomic E-state index is -1.71. The summed E-state index contributed by atoms with van der Waals surface area (Å²) in [4.78, 5) is 76.6. The number of hydrogen-bond donors (Lipinski definition) is 1. The molecule has 2 aromatic carbocycles. The minimum absolute atomic E-state index is 0.620. The molecule has 0 amide bonds. The van der Waals surface area contributed by atoms with Crippen molar-refractivity contribution >= 4 is 52.8 Å². The van der Waals surface area contributed by atoms with Crippen molar-refractivity contribution in [2.45, 2.75) is 77.9 Å². The first-order valence-electron chi connectivity index (χ1n) is 13.8. The zero-order valence-corrected chi connectivity index (χ0v) is 26.0. The van der Waals surface area contributed by atoms with Crippen molar-refractivity contribution in [3.05, 3.63) is 42.0 Å². The van der Waals surface area contributed by atoms with E-state index in [1.807, 2.05) is 24.3 Å². The Hall–Kier alpha value is -5.01. The maximum absolute atomic E-state index is 13.2. The number of carboxylic acid groups (broad SMARTS) is 1. The van der Waals surface area contributed by atoms with E-state index in [-0.39, 0.29) is 0 Å².